The van der Waals surface area contributed by atoms with Crippen molar-refractivity contribution < 1.29 is 22.0 Å². The first kappa shape index (κ1) is 18.9. The molecule has 0 radical (unpaired) electrons. The summed E-state index contributed by atoms with van der Waals surface area (Å²) in [5, 5.41) is 0.898. The van der Waals surface area contributed by atoms with Crippen LogP contribution in [0.4, 0.5) is 4.79 Å². The summed E-state index contributed by atoms with van der Waals surface area (Å²) in [6.45, 7) is 2.83. The van der Waals surface area contributed by atoms with Gasteiger partial charge in [0.25, 0.3) is 0 Å². The van der Waals surface area contributed by atoms with E-state index in [0.717, 1.165) is 6.42 Å². The molecule has 3 rings (SSSR count). The fraction of sp³-hybridized carbons (Fsp3) is 0.400. The van der Waals surface area contributed by atoms with Crippen LogP contribution in [0.5, 0.6) is 0 Å². The van der Waals surface area contributed by atoms with Gasteiger partial charge in [-0.05, 0) is 28.3 Å². The quantitative estimate of drug-likeness (QED) is 0.324. The molecule has 0 N–H and O–H groups in total. The van der Waals surface area contributed by atoms with Gasteiger partial charge in [0.2, 0.25) is 10.4 Å². The Bertz CT molecular complexity index is 701. The van der Waals surface area contributed by atoms with Gasteiger partial charge >= 0.3 is 6.03 Å². The molecular formula is C15H21N2O5PS. The van der Waals surface area contributed by atoms with Crippen molar-refractivity contribution in [3.63, 3.8) is 0 Å². The first-order valence-electron chi connectivity index (χ1n) is 7.48. The molecule has 0 aromatic carbocycles. The van der Waals surface area contributed by atoms with Crippen molar-refractivity contribution >= 4 is 25.7 Å². The number of fused-ring (bicyclic) bond motifs is 2. The highest BCUT2D eigenvalue weighted by molar-refractivity contribution is 7.80. The predicted molar refractivity (Wildman–Crippen MR) is 94.1 cm³/mol. The van der Waals surface area contributed by atoms with Gasteiger partial charge in [-0.15, -0.1) is 0 Å². The van der Waals surface area contributed by atoms with Crippen LogP contribution in [0.1, 0.15) is 13.3 Å². The van der Waals surface area contributed by atoms with Gasteiger partial charge in [-0.2, -0.15) is 9.35 Å². The third-order valence-electron chi connectivity index (χ3n) is 3.70. The molecule has 2 bridgehead atoms. The molecule has 3 atom stereocenters. The Balaban J connectivity index is 0.000000185. The Morgan fingerprint density at radius 1 is 1.42 bits per heavy atom. The maximum atomic E-state index is 11.3. The van der Waals surface area contributed by atoms with Gasteiger partial charge in [-0.1, -0.05) is 36.5 Å². The smallest absolute Gasteiger partial charge is 0.346 e. The topological polar surface area (TPSA) is 90.0 Å². The van der Waals surface area contributed by atoms with Gasteiger partial charge in [0, 0.05) is 19.5 Å². The first-order chi connectivity index (χ1) is 11.2. The average Bonchev–Trinajstić information content (AvgIpc) is 2.71. The second-order valence-corrected chi connectivity index (χ2v) is 8.00. The minimum atomic E-state index is -4.88. The number of rotatable bonds is 3. The summed E-state index contributed by atoms with van der Waals surface area (Å²) in [5.74, 6) is 0. The molecule has 1 saturated heterocycles. The number of amides is 2. The normalized spacial score (nSPS) is 28.6. The number of urea groups is 1. The van der Waals surface area contributed by atoms with Crippen LogP contribution in [0, 0.1) is 0 Å². The minimum absolute atomic E-state index is 0.309. The molecular weight excluding hydrogens is 351 g/mol. The fourth-order valence-electron chi connectivity index (χ4n) is 2.62. The second kappa shape index (κ2) is 7.61. The van der Waals surface area contributed by atoms with Crippen LogP contribution in [-0.4, -0.2) is 53.3 Å². The van der Waals surface area contributed by atoms with Gasteiger partial charge in [0.15, 0.2) is 0 Å². The highest BCUT2D eigenvalue weighted by Crippen LogP contribution is 2.29. The molecule has 2 amide bonds. The van der Waals surface area contributed by atoms with Gasteiger partial charge < -0.3 is 9.45 Å². The van der Waals surface area contributed by atoms with Crippen LogP contribution in [0.3, 0.4) is 0 Å². The molecule has 7 nitrogen and oxygen atoms in total. The molecule has 1 aliphatic carbocycles. The van der Waals surface area contributed by atoms with Gasteiger partial charge in [-0.3, -0.25) is 0 Å². The van der Waals surface area contributed by atoms with E-state index < -0.39 is 22.5 Å². The van der Waals surface area contributed by atoms with Crippen molar-refractivity contribution in [2.75, 3.05) is 13.1 Å². The molecule has 1 fully saturated rings. The largest absolute Gasteiger partial charge is 0.724 e. The van der Waals surface area contributed by atoms with Crippen LogP contribution in [0.2, 0.25) is 0 Å². The maximum Gasteiger partial charge on any atom is 0.346 e. The second-order valence-electron chi connectivity index (χ2n) is 5.72. The Hall–Kier alpha value is -1.47. The Kier molecular flexibility index (Phi) is 5.98. The van der Waals surface area contributed by atoms with E-state index in [-0.39, 0.29) is 0 Å². The summed E-state index contributed by atoms with van der Waals surface area (Å²) in [7, 11) is -2.85. The van der Waals surface area contributed by atoms with E-state index in [0.29, 0.717) is 23.3 Å². The Morgan fingerprint density at radius 3 is 2.71 bits per heavy atom. The van der Waals surface area contributed by atoms with E-state index >= 15 is 0 Å². The molecule has 0 aromatic heterocycles. The highest BCUT2D eigenvalue weighted by Gasteiger charge is 2.39. The highest BCUT2D eigenvalue weighted by atomic mass is 32.3. The predicted octanol–water partition coefficient (Wildman–Crippen LogP) is 1.48. The van der Waals surface area contributed by atoms with Crippen LogP contribution in [0.15, 0.2) is 48.6 Å². The van der Waals surface area contributed by atoms with E-state index in [4.69, 9.17) is 0 Å². The van der Waals surface area contributed by atoms with Crippen molar-refractivity contribution in [1.29, 1.82) is 0 Å². The Morgan fingerprint density at radius 2 is 2.17 bits per heavy atom. The van der Waals surface area contributed by atoms with Crippen molar-refractivity contribution in [2.24, 2.45) is 0 Å². The zero-order valence-electron chi connectivity index (χ0n) is 13.4. The number of carbonyl (C=O) groups excluding carboxylic acids is 1. The van der Waals surface area contributed by atoms with E-state index in [2.05, 4.69) is 47.7 Å². The zero-order valence-corrected chi connectivity index (χ0v) is 15.6. The lowest BCUT2D eigenvalue weighted by Gasteiger charge is -2.19. The van der Waals surface area contributed by atoms with E-state index in [1.165, 1.54) is 4.90 Å². The van der Waals surface area contributed by atoms with E-state index in [1.54, 1.807) is 12.2 Å². The zero-order chi connectivity index (χ0) is 17.8. The molecule has 2 aliphatic heterocycles. The van der Waals surface area contributed by atoms with Crippen LogP contribution in [0.25, 0.3) is 0 Å². The molecule has 3 unspecified atom stereocenters. The summed E-state index contributed by atoms with van der Waals surface area (Å²) < 4.78 is 35.0. The van der Waals surface area contributed by atoms with Crippen molar-refractivity contribution in [3.8, 4) is 0 Å². The molecule has 0 saturated carbocycles. The molecule has 0 spiro atoms. The summed E-state index contributed by atoms with van der Waals surface area (Å²) in [6.07, 6.45) is 17.6. The standard InChI is InChI=1S/C9H13P.C6H8N2O5S/c1-2-6-9(10)7-4-3-5-8-9;9-6-7-3-1-2-5(4-7)8(6)13-14(10,11)12/h2-7H,8,10H2,1H3;1-2,5H,3-4H2,(H,10,11,12). The minimum Gasteiger partial charge on any atom is -0.724 e. The third-order valence-corrected chi connectivity index (χ3v) is 4.80. The number of nitrogens with zero attached hydrogens (tertiary/aromatic N) is 2. The summed E-state index contributed by atoms with van der Waals surface area (Å²) >= 11 is 0. The lowest BCUT2D eigenvalue weighted by Crippen LogP contribution is -2.35. The molecule has 132 valence electrons. The monoisotopic (exact) mass is 372 g/mol. The van der Waals surface area contributed by atoms with Crippen LogP contribution < -0.4 is 0 Å². The van der Waals surface area contributed by atoms with Gasteiger partial charge in [0.05, 0.1) is 6.04 Å². The van der Waals surface area contributed by atoms with Crippen LogP contribution >= 0.6 is 9.24 Å². The molecule has 3 aliphatic rings. The number of allylic oxidation sites excluding steroid dienone is 6. The van der Waals surface area contributed by atoms with E-state index in [1.807, 2.05) is 9.24 Å². The first-order valence-corrected chi connectivity index (χ1v) is 9.52. The van der Waals surface area contributed by atoms with Crippen molar-refractivity contribution in [1.82, 2.24) is 9.96 Å². The lowest BCUT2D eigenvalue weighted by molar-refractivity contribution is -0.0195. The summed E-state index contributed by atoms with van der Waals surface area (Å²) in [6, 6.07) is -1.08. The number of hydroxylamine groups is 2. The van der Waals surface area contributed by atoms with Gasteiger partial charge in [0.1, 0.15) is 5.16 Å². The molecule has 24 heavy (non-hydrogen) atoms. The maximum absolute atomic E-state index is 11.3. The molecule has 9 heteroatoms. The SMILES string of the molecule is CC=CC1([PH3+])C=CC=CC1.O=C1N2CC=CC(C2)N1OS(=O)(=O)[O-]. The Labute approximate surface area is 144 Å². The summed E-state index contributed by atoms with van der Waals surface area (Å²) in [4.78, 5) is 12.7. The van der Waals surface area contributed by atoms with Crippen LogP contribution in [-0.2, 0) is 14.7 Å². The third kappa shape index (κ3) is 5.01. The number of carbonyl (C=O) groups is 1. The van der Waals surface area contributed by atoms with E-state index in [9.17, 15) is 17.8 Å². The number of hydrogen-bond acceptors (Lipinski definition) is 5. The fourth-order valence-corrected chi connectivity index (χ4v) is 3.53. The molecule has 0 aromatic rings. The van der Waals surface area contributed by atoms with Crippen molar-refractivity contribution in [2.45, 2.75) is 24.5 Å². The lowest BCUT2D eigenvalue weighted by atomic mass is 9.99. The average molecular weight is 372 g/mol. The number of hydrogen-bond donors (Lipinski definition) is 0. The van der Waals surface area contributed by atoms with Gasteiger partial charge in [-0.25, -0.2) is 13.2 Å². The van der Waals surface area contributed by atoms with Crippen molar-refractivity contribution in [3.05, 3.63) is 48.6 Å². The summed E-state index contributed by atoms with van der Waals surface area (Å²) in [5.41, 5.74) is 0. The molecule has 2 heterocycles.